The van der Waals surface area contributed by atoms with Crippen LogP contribution in [0.25, 0.3) is 0 Å². The lowest BCUT2D eigenvalue weighted by Crippen LogP contribution is -2.55. The number of hydrogen-bond donors (Lipinski definition) is 1. The molecule has 196 valence electrons. The number of amides is 1. The van der Waals surface area contributed by atoms with Crippen molar-refractivity contribution in [3.63, 3.8) is 0 Å². The topological polar surface area (TPSA) is 83.7 Å². The molecule has 0 unspecified atom stereocenters. The van der Waals surface area contributed by atoms with Gasteiger partial charge in [-0.3, -0.25) is 4.79 Å². The van der Waals surface area contributed by atoms with Gasteiger partial charge in [-0.1, -0.05) is 32.6 Å². The van der Waals surface area contributed by atoms with Gasteiger partial charge in [-0.05, 0) is 68.2 Å². The fourth-order valence-corrected chi connectivity index (χ4v) is 7.84. The Balaban J connectivity index is 1.54. The van der Waals surface area contributed by atoms with Crippen LogP contribution in [0, 0.1) is 11.8 Å². The van der Waals surface area contributed by atoms with Crippen molar-refractivity contribution in [3.8, 4) is 0 Å². The van der Waals surface area contributed by atoms with Crippen molar-refractivity contribution in [2.75, 3.05) is 13.1 Å². The predicted octanol–water partition coefficient (Wildman–Crippen LogP) is 4.39. The molecular formula is C25H36F3N3O3S. The summed E-state index contributed by atoms with van der Waals surface area (Å²) in [5.74, 6) is 0.123. The van der Waals surface area contributed by atoms with Gasteiger partial charge in [0.15, 0.2) is 0 Å². The number of fused-ring (bicyclic) bond motifs is 1. The molecule has 6 nitrogen and oxygen atoms in total. The van der Waals surface area contributed by atoms with Gasteiger partial charge in [-0.15, -0.1) is 0 Å². The minimum Gasteiger partial charge on any atom is -0.335 e. The molecule has 2 aliphatic carbocycles. The van der Waals surface area contributed by atoms with Crippen LogP contribution in [0.15, 0.2) is 29.2 Å². The molecule has 1 saturated heterocycles. The van der Waals surface area contributed by atoms with Crippen molar-refractivity contribution >= 4 is 15.9 Å². The Bertz CT molecular complexity index is 993. The van der Waals surface area contributed by atoms with Crippen LogP contribution in [0.5, 0.6) is 0 Å². The second kappa shape index (κ2) is 10.4. The number of nitrogens with two attached hydrogens (primary N) is 1. The molecule has 4 rings (SSSR count). The summed E-state index contributed by atoms with van der Waals surface area (Å²) >= 11 is 0. The molecule has 1 amide bonds. The quantitative estimate of drug-likeness (QED) is 0.584. The van der Waals surface area contributed by atoms with Gasteiger partial charge >= 0.3 is 6.18 Å². The SMILES string of the molecule is CCC[C@H](N)C(=O)N(C1CCCCC1)[C@H]1CC[C@@H]2CN(S(=O)(=O)c3ccc(C(F)(F)F)cc3)C[C@@H]21. The van der Waals surface area contributed by atoms with E-state index in [1.807, 2.05) is 11.8 Å². The van der Waals surface area contributed by atoms with Gasteiger partial charge in [0.2, 0.25) is 15.9 Å². The third-order valence-corrected chi connectivity index (χ3v) is 9.95. The summed E-state index contributed by atoms with van der Waals surface area (Å²) in [6.07, 6.45) is 3.80. The summed E-state index contributed by atoms with van der Waals surface area (Å²) in [6, 6.07) is 3.23. The fraction of sp³-hybridized carbons (Fsp3) is 0.720. The summed E-state index contributed by atoms with van der Waals surface area (Å²) in [4.78, 5) is 15.4. The third kappa shape index (κ3) is 5.39. The van der Waals surface area contributed by atoms with Gasteiger partial charge in [-0.2, -0.15) is 17.5 Å². The Morgan fingerprint density at radius 2 is 1.74 bits per heavy atom. The minimum absolute atomic E-state index is 0.0129. The number of halogens is 3. The maximum atomic E-state index is 13.5. The molecule has 3 aliphatic rings. The van der Waals surface area contributed by atoms with E-state index in [1.54, 1.807) is 0 Å². The predicted molar refractivity (Wildman–Crippen MR) is 127 cm³/mol. The number of carbonyl (C=O) groups is 1. The van der Waals surface area contributed by atoms with Gasteiger partial charge in [0, 0.05) is 25.2 Å². The van der Waals surface area contributed by atoms with E-state index in [0.717, 1.165) is 75.6 Å². The molecule has 1 aromatic rings. The van der Waals surface area contributed by atoms with Gasteiger partial charge in [0.05, 0.1) is 16.5 Å². The maximum Gasteiger partial charge on any atom is 0.416 e. The molecule has 0 spiro atoms. The van der Waals surface area contributed by atoms with Crippen LogP contribution in [0.1, 0.15) is 70.3 Å². The average Bonchev–Trinajstić information content (AvgIpc) is 3.42. The largest absolute Gasteiger partial charge is 0.416 e. The van der Waals surface area contributed by atoms with E-state index in [1.165, 1.54) is 4.31 Å². The highest BCUT2D eigenvalue weighted by molar-refractivity contribution is 7.89. The molecule has 1 aromatic carbocycles. The number of rotatable bonds is 7. The summed E-state index contributed by atoms with van der Waals surface area (Å²) in [7, 11) is -3.92. The van der Waals surface area contributed by atoms with Crippen LogP contribution in [-0.4, -0.2) is 54.7 Å². The third-order valence-electron chi connectivity index (χ3n) is 8.10. The highest BCUT2D eigenvalue weighted by Gasteiger charge is 2.50. The molecule has 2 N–H and O–H groups in total. The summed E-state index contributed by atoms with van der Waals surface area (Å²) in [5.41, 5.74) is 5.40. The lowest BCUT2D eigenvalue weighted by atomic mass is 9.89. The zero-order valence-electron chi connectivity index (χ0n) is 20.2. The molecule has 0 bridgehead atoms. The first-order valence-corrected chi connectivity index (χ1v) is 14.2. The van der Waals surface area contributed by atoms with Crippen molar-refractivity contribution < 1.29 is 26.4 Å². The zero-order valence-corrected chi connectivity index (χ0v) is 21.0. The van der Waals surface area contributed by atoms with Crippen molar-refractivity contribution in [1.82, 2.24) is 9.21 Å². The van der Waals surface area contributed by atoms with Gasteiger partial charge in [-0.25, -0.2) is 8.42 Å². The van der Waals surface area contributed by atoms with E-state index in [0.29, 0.717) is 13.0 Å². The molecule has 2 saturated carbocycles. The van der Waals surface area contributed by atoms with Gasteiger partial charge in [0.1, 0.15) is 0 Å². The van der Waals surface area contributed by atoms with Gasteiger partial charge in [0.25, 0.3) is 0 Å². The van der Waals surface area contributed by atoms with E-state index in [2.05, 4.69) is 0 Å². The second-order valence-corrected chi connectivity index (χ2v) is 12.3. The summed E-state index contributed by atoms with van der Waals surface area (Å²) in [6.45, 7) is 2.61. The Kier molecular flexibility index (Phi) is 7.83. The number of nitrogens with zero attached hydrogens (tertiary/aromatic N) is 2. The maximum absolute atomic E-state index is 13.5. The van der Waals surface area contributed by atoms with Crippen LogP contribution < -0.4 is 5.73 Å². The van der Waals surface area contributed by atoms with Crippen LogP contribution >= 0.6 is 0 Å². The number of carbonyl (C=O) groups excluding carboxylic acids is 1. The molecule has 0 aromatic heterocycles. The van der Waals surface area contributed by atoms with Crippen LogP contribution in [0.3, 0.4) is 0 Å². The van der Waals surface area contributed by atoms with Crippen LogP contribution in [0.2, 0.25) is 0 Å². The van der Waals surface area contributed by atoms with Crippen LogP contribution in [0.4, 0.5) is 13.2 Å². The first kappa shape index (κ1) is 26.4. The van der Waals surface area contributed by atoms with Crippen molar-refractivity contribution in [1.29, 1.82) is 0 Å². The molecule has 0 radical (unpaired) electrons. The number of sulfonamides is 1. The van der Waals surface area contributed by atoms with Gasteiger partial charge < -0.3 is 10.6 Å². The molecular weight excluding hydrogens is 479 g/mol. The minimum atomic E-state index is -4.52. The second-order valence-electron chi connectivity index (χ2n) is 10.3. The number of hydrogen-bond acceptors (Lipinski definition) is 4. The molecule has 1 heterocycles. The Hall–Kier alpha value is -1.65. The molecule has 3 fully saturated rings. The first-order chi connectivity index (χ1) is 16.5. The highest BCUT2D eigenvalue weighted by atomic mass is 32.2. The standard InChI is InChI=1S/C25H36F3N3O3S/c1-2-6-22(29)24(32)31(19-7-4-3-5-8-19)23-14-9-17-15-30(16-21(17)23)35(33,34)20-12-10-18(11-13-20)25(26,27)28/h10-13,17,19,21-23H,2-9,14-16,29H2,1H3/t17-,21+,22+,23+/m1/s1. The van der Waals surface area contributed by atoms with E-state index in [9.17, 15) is 26.4 Å². The lowest BCUT2D eigenvalue weighted by molar-refractivity contribution is -0.140. The fourth-order valence-electron chi connectivity index (χ4n) is 6.30. The molecule has 4 atom stereocenters. The van der Waals surface area contributed by atoms with Crippen molar-refractivity contribution in [3.05, 3.63) is 29.8 Å². The Morgan fingerprint density at radius 1 is 1.09 bits per heavy atom. The van der Waals surface area contributed by atoms with E-state index in [4.69, 9.17) is 5.73 Å². The van der Waals surface area contributed by atoms with Crippen LogP contribution in [-0.2, 0) is 21.0 Å². The Labute approximate surface area is 206 Å². The molecule has 10 heteroatoms. The normalized spacial score (nSPS) is 27.1. The van der Waals surface area contributed by atoms with Crippen molar-refractivity contribution in [2.45, 2.75) is 93.9 Å². The smallest absolute Gasteiger partial charge is 0.335 e. The molecule has 1 aliphatic heterocycles. The van der Waals surface area contributed by atoms with E-state index >= 15 is 0 Å². The van der Waals surface area contributed by atoms with E-state index < -0.39 is 27.8 Å². The average molecular weight is 516 g/mol. The first-order valence-electron chi connectivity index (χ1n) is 12.8. The number of alkyl halides is 3. The summed E-state index contributed by atoms with van der Waals surface area (Å²) in [5, 5.41) is 0. The lowest BCUT2D eigenvalue weighted by Gasteiger charge is -2.42. The van der Waals surface area contributed by atoms with E-state index in [-0.39, 0.29) is 41.3 Å². The highest BCUT2D eigenvalue weighted by Crippen LogP contribution is 2.44. The molecule has 35 heavy (non-hydrogen) atoms. The summed E-state index contributed by atoms with van der Waals surface area (Å²) < 4.78 is 66.7. The Morgan fingerprint density at radius 3 is 2.34 bits per heavy atom. The monoisotopic (exact) mass is 515 g/mol. The van der Waals surface area contributed by atoms with Crippen molar-refractivity contribution in [2.24, 2.45) is 17.6 Å². The number of benzene rings is 1. The zero-order chi connectivity index (χ0) is 25.4.